The van der Waals surface area contributed by atoms with E-state index in [9.17, 15) is 57.4 Å². The first-order valence-corrected chi connectivity index (χ1v) is 23.9. The Balaban J connectivity index is 1.38. The molecule has 75 heavy (non-hydrogen) atoms. The average Bonchev–Trinajstić information content (AvgIpc) is 3.92. The van der Waals surface area contributed by atoms with Crippen LogP contribution in [0.2, 0.25) is 0 Å². The zero-order valence-corrected chi connectivity index (χ0v) is 41.6. The molecule has 2 aromatic heterocycles. The molecule has 1 saturated heterocycles. The van der Waals surface area contributed by atoms with Crippen molar-refractivity contribution in [3.63, 3.8) is 0 Å². The molecule has 1 fully saturated rings. The summed E-state index contributed by atoms with van der Waals surface area (Å²) in [5.41, 5.74) is 6.63. The number of carbonyl (C=O) groups is 10. The van der Waals surface area contributed by atoms with Crippen LogP contribution < -0.4 is 32.3 Å². The molecule has 0 bridgehead atoms. The number of pyridine rings is 1. The van der Waals surface area contributed by atoms with Gasteiger partial charge in [0, 0.05) is 74.3 Å². The summed E-state index contributed by atoms with van der Waals surface area (Å²) in [6.45, 7) is 2.73. The molecule has 5 rings (SSSR count). The van der Waals surface area contributed by atoms with E-state index in [-0.39, 0.29) is 62.9 Å². The van der Waals surface area contributed by atoms with E-state index in [4.69, 9.17) is 10.6 Å². The first-order chi connectivity index (χ1) is 35.6. The smallest absolute Gasteiger partial charge is 0.333 e. The number of benzene rings is 2. The molecule has 4 aromatic rings. The van der Waals surface area contributed by atoms with Crippen LogP contribution in [0, 0.1) is 17.0 Å². The maximum absolute atomic E-state index is 15.4. The summed E-state index contributed by atoms with van der Waals surface area (Å²) in [7, 11) is 0. The van der Waals surface area contributed by atoms with Crippen molar-refractivity contribution in [2.75, 3.05) is 32.8 Å². The van der Waals surface area contributed by atoms with Gasteiger partial charge in [-0.15, -0.1) is 5.06 Å². The van der Waals surface area contributed by atoms with Gasteiger partial charge in [0.25, 0.3) is 11.8 Å². The number of nitrogens with two attached hydrogens (primary N) is 1. The molecule has 9 amide bonds. The van der Waals surface area contributed by atoms with Gasteiger partial charge < -0.3 is 51.7 Å². The van der Waals surface area contributed by atoms with Crippen LogP contribution in [0.1, 0.15) is 82.2 Å². The molecule has 3 heterocycles. The number of aliphatic hydroxyl groups is 1. The highest BCUT2D eigenvalue weighted by molar-refractivity contribution is 6.01. The molecule has 24 heteroatoms. The van der Waals surface area contributed by atoms with Gasteiger partial charge in [0.05, 0.1) is 32.0 Å². The number of rotatable bonds is 26. The van der Waals surface area contributed by atoms with Gasteiger partial charge in [-0.25, -0.2) is 13.6 Å². The maximum Gasteiger partial charge on any atom is 0.333 e. The predicted molar refractivity (Wildman–Crippen MR) is 262 cm³/mol. The lowest BCUT2D eigenvalue weighted by Gasteiger charge is -2.41. The van der Waals surface area contributed by atoms with E-state index in [1.807, 2.05) is 30.3 Å². The number of imide groups is 1. The molecule has 1 aliphatic heterocycles. The number of aliphatic hydroxyl groups excluding tert-OH is 1. The van der Waals surface area contributed by atoms with Crippen LogP contribution in [0.25, 0.3) is 11.1 Å². The summed E-state index contributed by atoms with van der Waals surface area (Å²) in [5, 5.41) is 22.9. The molecule has 0 spiro atoms. The van der Waals surface area contributed by atoms with Crippen LogP contribution in [0.3, 0.4) is 0 Å². The zero-order valence-electron chi connectivity index (χ0n) is 41.6. The highest BCUT2D eigenvalue weighted by atomic mass is 19.1. The molecule has 8 N–H and O–H groups in total. The molecule has 3 atom stereocenters. The summed E-state index contributed by atoms with van der Waals surface area (Å²) < 4.78 is 31.7. The summed E-state index contributed by atoms with van der Waals surface area (Å²) >= 11 is 0. The van der Waals surface area contributed by atoms with Crippen LogP contribution in [-0.4, -0.2) is 129 Å². The predicted octanol–water partition coefficient (Wildman–Crippen LogP) is 0.999. The van der Waals surface area contributed by atoms with Gasteiger partial charge in [-0.2, -0.15) is 0 Å². The fourth-order valence-electron chi connectivity index (χ4n) is 8.11. The Morgan fingerprint density at radius 3 is 2.13 bits per heavy atom. The second kappa shape index (κ2) is 27.0. The monoisotopic (exact) mass is 1040 g/mol. The lowest BCUT2D eigenvalue weighted by Crippen LogP contribution is -2.56. The third-order valence-corrected chi connectivity index (χ3v) is 11.6. The summed E-state index contributed by atoms with van der Waals surface area (Å²) in [6, 6.07) is 12.7. The van der Waals surface area contributed by atoms with Crippen LogP contribution in [0.15, 0.2) is 85.3 Å². The van der Waals surface area contributed by atoms with Crippen molar-refractivity contribution in [2.45, 2.75) is 90.4 Å². The van der Waals surface area contributed by atoms with Crippen LogP contribution in [0.5, 0.6) is 0 Å². The van der Waals surface area contributed by atoms with Gasteiger partial charge in [-0.3, -0.25) is 48.1 Å². The van der Waals surface area contributed by atoms with Gasteiger partial charge in [0.15, 0.2) is 0 Å². The van der Waals surface area contributed by atoms with Crippen molar-refractivity contribution in [3.8, 4) is 11.1 Å². The topological polar surface area (TPSA) is 311 Å². The standard InChI is InChI=1S/C51H60F2N10O12/c1-51(2,3)48(39-23-33(35-24-34(52)11-12-36(35)53)29-61(39)28-32-8-5-4-6-9-32)62(46(71)30-64)21-17-37(49(73)56-18-7-10-47(72)75-63-44(69)13-14-45(63)70)60-50(74)38(25-40(54)65)59-43(68)27-58-42(67)26-57-41(66)22-31-15-19-55-20-16-31/h4-6,8-9,11-12,15-16,19-20,23-24,29,37-38,48,64H,7,10,13-14,17-18,21-22,25-28,30H2,1-3H3,(H2,54,65)(H,56,73)(H,57,66)(H,58,67)(H,59,68)(H,60,74). The van der Waals surface area contributed by atoms with Crippen molar-refractivity contribution in [3.05, 3.63) is 114 Å². The molecule has 22 nitrogen and oxygen atoms in total. The van der Waals surface area contributed by atoms with E-state index in [2.05, 4.69) is 31.6 Å². The molecule has 400 valence electrons. The number of nitrogens with zero attached hydrogens (tertiary/aromatic N) is 4. The van der Waals surface area contributed by atoms with E-state index >= 15 is 4.39 Å². The summed E-state index contributed by atoms with van der Waals surface area (Å²) in [5.74, 6) is -9.85. The Morgan fingerprint density at radius 2 is 1.48 bits per heavy atom. The lowest BCUT2D eigenvalue weighted by atomic mass is 9.82. The molecule has 2 aromatic carbocycles. The lowest BCUT2D eigenvalue weighted by molar-refractivity contribution is -0.197. The van der Waals surface area contributed by atoms with E-state index in [0.29, 0.717) is 16.3 Å². The Hall–Kier alpha value is -8.41. The van der Waals surface area contributed by atoms with Gasteiger partial charge in [0.2, 0.25) is 41.4 Å². The van der Waals surface area contributed by atoms with Crippen LogP contribution in [-0.2, 0) is 65.7 Å². The minimum Gasteiger partial charge on any atom is -0.387 e. The Bertz CT molecular complexity index is 2720. The summed E-state index contributed by atoms with van der Waals surface area (Å²) in [6.07, 6.45) is 2.66. The number of carbonyl (C=O) groups excluding carboxylic acids is 10. The van der Waals surface area contributed by atoms with Gasteiger partial charge >= 0.3 is 5.97 Å². The zero-order chi connectivity index (χ0) is 54.8. The number of amides is 9. The largest absolute Gasteiger partial charge is 0.387 e. The molecule has 3 unspecified atom stereocenters. The number of aromatic nitrogens is 2. The number of hydrogen-bond donors (Lipinski definition) is 7. The second-order valence-electron chi connectivity index (χ2n) is 18.6. The maximum atomic E-state index is 15.4. The third-order valence-electron chi connectivity index (χ3n) is 11.6. The first kappa shape index (κ1) is 57.5. The average molecular weight is 1040 g/mol. The van der Waals surface area contributed by atoms with Crippen LogP contribution in [0.4, 0.5) is 8.78 Å². The van der Waals surface area contributed by atoms with E-state index in [1.165, 1.54) is 17.3 Å². The van der Waals surface area contributed by atoms with E-state index < -0.39 is 127 Å². The number of nitrogens with one attached hydrogen (secondary N) is 5. The number of hydroxylamine groups is 2. The SMILES string of the molecule is CC(C)(C)C(c1cc(-c2cc(F)ccc2F)cn1Cc1ccccc1)N(CCC(NC(=O)C(CC(N)=O)NC(=O)CNC(=O)CNC(=O)Cc1ccncc1)C(=O)NCCCC(=O)ON1C(=O)CCC1=O)C(=O)CO. The molecule has 1 aliphatic rings. The quantitative estimate of drug-likeness (QED) is 0.0342. The second-order valence-corrected chi connectivity index (χ2v) is 18.6. The number of halogens is 2. The van der Waals surface area contributed by atoms with Gasteiger partial charge in [-0.1, -0.05) is 51.1 Å². The molecular formula is C51H60F2N10O12. The van der Waals surface area contributed by atoms with Crippen molar-refractivity contribution in [2.24, 2.45) is 11.1 Å². The molecule has 0 aliphatic carbocycles. The van der Waals surface area contributed by atoms with E-state index in [0.717, 1.165) is 23.8 Å². The number of hydrogen-bond acceptors (Lipinski definition) is 13. The Morgan fingerprint density at radius 1 is 0.813 bits per heavy atom. The molecule has 0 radical (unpaired) electrons. The molecular weight excluding hydrogens is 983 g/mol. The first-order valence-electron chi connectivity index (χ1n) is 23.9. The molecule has 0 saturated carbocycles. The van der Waals surface area contributed by atoms with Gasteiger partial charge in [0.1, 0.15) is 30.3 Å². The highest BCUT2D eigenvalue weighted by Gasteiger charge is 2.39. The van der Waals surface area contributed by atoms with Crippen LogP contribution >= 0.6 is 0 Å². The summed E-state index contributed by atoms with van der Waals surface area (Å²) in [4.78, 5) is 139. The minimum absolute atomic E-state index is 0.0456. The fraction of sp³-hybridized carbons (Fsp3) is 0.392. The Kier molecular flexibility index (Phi) is 20.7. The normalized spacial score (nSPS) is 13.5. The fourth-order valence-corrected chi connectivity index (χ4v) is 8.11. The van der Waals surface area contributed by atoms with Crippen molar-refractivity contribution >= 4 is 59.1 Å². The van der Waals surface area contributed by atoms with Gasteiger partial charge in [-0.05, 0) is 65.8 Å². The van der Waals surface area contributed by atoms with E-state index in [1.54, 1.807) is 49.7 Å². The highest BCUT2D eigenvalue weighted by Crippen LogP contribution is 2.41. The number of primary amides is 1. The van der Waals surface area contributed by atoms with Crippen molar-refractivity contribution in [1.29, 1.82) is 0 Å². The minimum atomic E-state index is -1.73. The Labute approximate surface area is 430 Å². The third kappa shape index (κ3) is 17.4. The van der Waals surface area contributed by atoms with Crippen molar-refractivity contribution in [1.82, 2.24) is 46.1 Å². The van der Waals surface area contributed by atoms with Crippen molar-refractivity contribution < 1.29 is 66.7 Å².